The molecular formula is C25H17BrClIN2O5. The lowest BCUT2D eigenvalue weighted by molar-refractivity contribution is -0.122. The Balaban J connectivity index is 1.65. The molecule has 0 aliphatic carbocycles. The summed E-state index contributed by atoms with van der Waals surface area (Å²) < 4.78 is 13.2. The molecule has 0 unspecified atom stereocenters. The number of benzene rings is 3. The van der Waals surface area contributed by atoms with Crippen LogP contribution in [0.1, 0.15) is 11.1 Å². The van der Waals surface area contributed by atoms with Crippen LogP contribution >= 0.6 is 50.1 Å². The van der Waals surface area contributed by atoms with Crippen LogP contribution in [0.3, 0.4) is 0 Å². The highest BCUT2D eigenvalue weighted by Gasteiger charge is 2.37. The van der Waals surface area contributed by atoms with Crippen molar-refractivity contribution in [3.05, 3.63) is 90.4 Å². The van der Waals surface area contributed by atoms with E-state index in [1.807, 2.05) is 24.3 Å². The van der Waals surface area contributed by atoms with Crippen molar-refractivity contribution >= 4 is 79.7 Å². The van der Waals surface area contributed by atoms with Gasteiger partial charge in [0, 0.05) is 15.1 Å². The van der Waals surface area contributed by atoms with Gasteiger partial charge < -0.3 is 9.47 Å². The Morgan fingerprint density at radius 2 is 1.86 bits per heavy atom. The van der Waals surface area contributed by atoms with Gasteiger partial charge in [0.2, 0.25) is 0 Å². The van der Waals surface area contributed by atoms with E-state index in [2.05, 4.69) is 43.8 Å². The van der Waals surface area contributed by atoms with Crippen LogP contribution in [0.2, 0.25) is 5.02 Å². The lowest BCUT2D eigenvalue weighted by Crippen LogP contribution is -2.54. The monoisotopic (exact) mass is 666 g/mol. The van der Waals surface area contributed by atoms with Crippen molar-refractivity contribution in [3.63, 3.8) is 0 Å². The number of halogens is 3. The molecular weight excluding hydrogens is 651 g/mol. The summed E-state index contributed by atoms with van der Waals surface area (Å²) in [7, 11) is 1.51. The quantitative estimate of drug-likeness (QED) is 0.199. The Labute approximate surface area is 228 Å². The van der Waals surface area contributed by atoms with E-state index in [0.29, 0.717) is 32.3 Å². The van der Waals surface area contributed by atoms with E-state index < -0.39 is 17.8 Å². The average Bonchev–Trinajstić information content (AvgIpc) is 2.81. The first-order chi connectivity index (χ1) is 16.8. The van der Waals surface area contributed by atoms with E-state index >= 15 is 0 Å². The van der Waals surface area contributed by atoms with E-state index in [-0.39, 0.29) is 11.3 Å². The zero-order chi connectivity index (χ0) is 25.1. The molecule has 1 heterocycles. The van der Waals surface area contributed by atoms with Gasteiger partial charge in [-0.1, -0.05) is 51.8 Å². The Morgan fingerprint density at radius 1 is 1.09 bits per heavy atom. The third-order valence-corrected chi connectivity index (χ3v) is 6.87. The molecule has 3 aromatic rings. The van der Waals surface area contributed by atoms with Gasteiger partial charge in [-0.2, -0.15) is 0 Å². The SMILES string of the molecule is COc1cc(/C=C2\C(=O)NC(=O)N(c3cccc(Cl)c3)C2=O)cc(I)c1OCc1ccccc1Br. The number of ether oxygens (including phenoxy) is 2. The molecule has 178 valence electrons. The molecule has 0 bridgehead atoms. The molecule has 7 nitrogen and oxygen atoms in total. The number of anilines is 1. The van der Waals surface area contributed by atoms with Crippen LogP contribution in [0, 0.1) is 3.57 Å². The molecule has 0 aromatic heterocycles. The zero-order valence-corrected chi connectivity index (χ0v) is 22.7. The van der Waals surface area contributed by atoms with Gasteiger partial charge in [0.15, 0.2) is 11.5 Å². The number of amides is 4. The fraction of sp³-hybridized carbons (Fsp3) is 0.0800. The molecule has 3 aromatic carbocycles. The first-order valence-corrected chi connectivity index (χ1v) is 12.4. The molecule has 1 fully saturated rings. The van der Waals surface area contributed by atoms with E-state index in [9.17, 15) is 14.4 Å². The molecule has 1 aliphatic heterocycles. The van der Waals surface area contributed by atoms with E-state index in [4.69, 9.17) is 21.1 Å². The van der Waals surface area contributed by atoms with Crippen molar-refractivity contribution in [1.82, 2.24) is 5.32 Å². The van der Waals surface area contributed by atoms with Crippen molar-refractivity contribution in [2.24, 2.45) is 0 Å². The van der Waals surface area contributed by atoms with Gasteiger partial charge in [0.05, 0.1) is 16.4 Å². The molecule has 1 saturated heterocycles. The molecule has 0 spiro atoms. The first-order valence-electron chi connectivity index (χ1n) is 10.2. The zero-order valence-electron chi connectivity index (χ0n) is 18.2. The normalized spacial score (nSPS) is 14.8. The molecule has 0 radical (unpaired) electrons. The lowest BCUT2D eigenvalue weighted by Gasteiger charge is -2.26. The minimum Gasteiger partial charge on any atom is -0.493 e. The minimum atomic E-state index is -0.845. The second-order valence-electron chi connectivity index (χ2n) is 7.35. The molecule has 0 saturated carbocycles. The third-order valence-electron chi connectivity index (χ3n) is 5.06. The maximum absolute atomic E-state index is 13.1. The number of urea groups is 1. The summed E-state index contributed by atoms with van der Waals surface area (Å²) in [6.07, 6.45) is 1.41. The van der Waals surface area contributed by atoms with E-state index in [1.54, 1.807) is 30.3 Å². The summed E-state index contributed by atoms with van der Waals surface area (Å²) in [5.74, 6) is -0.589. The Morgan fingerprint density at radius 3 is 2.57 bits per heavy atom. The summed E-state index contributed by atoms with van der Waals surface area (Å²) in [5.41, 5.74) is 1.54. The van der Waals surface area contributed by atoms with Gasteiger partial charge in [0.1, 0.15) is 12.2 Å². The number of carbonyl (C=O) groups is 3. The predicted octanol–water partition coefficient (Wildman–Crippen LogP) is 5.96. The van der Waals surface area contributed by atoms with Crippen LogP contribution in [0.25, 0.3) is 6.08 Å². The summed E-state index contributed by atoms with van der Waals surface area (Å²) in [5, 5.41) is 2.55. The highest BCUT2D eigenvalue weighted by Crippen LogP contribution is 2.36. The standard InChI is InChI=1S/C25H17BrClIN2O5/c1-34-21-11-14(10-20(28)22(21)35-13-15-5-2-3-8-19(15)26)9-18-23(31)29-25(33)30(24(18)32)17-7-4-6-16(27)12-17/h2-12H,13H2,1H3,(H,29,31,33)/b18-9+. The largest absolute Gasteiger partial charge is 0.493 e. The van der Waals surface area contributed by atoms with Crippen LogP contribution in [0.15, 0.2) is 70.7 Å². The van der Waals surface area contributed by atoms with Gasteiger partial charge in [0.25, 0.3) is 11.8 Å². The number of hydrogen-bond donors (Lipinski definition) is 1. The number of nitrogens with zero attached hydrogens (tertiary/aromatic N) is 1. The van der Waals surface area contributed by atoms with Gasteiger partial charge >= 0.3 is 6.03 Å². The summed E-state index contributed by atoms with van der Waals surface area (Å²) in [4.78, 5) is 38.9. The maximum Gasteiger partial charge on any atom is 0.335 e. The van der Waals surface area contributed by atoms with Crippen LogP contribution in [-0.2, 0) is 16.2 Å². The molecule has 0 atom stereocenters. The minimum absolute atomic E-state index is 0.204. The number of barbiturate groups is 1. The number of carbonyl (C=O) groups excluding carboxylic acids is 3. The Kier molecular flexibility index (Phi) is 7.78. The fourth-order valence-electron chi connectivity index (χ4n) is 3.40. The second kappa shape index (κ2) is 10.8. The van der Waals surface area contributed by atoms with Gasteiger partial charge in [-0.25, -0.2) is 9.69 Å². The topological polar surface area (TPSA) is 84.9 Å². The number of nitrogens with one attached hydrogen (secondary N) is 1. The molecule has 4 rings (SSSR count). The van der Waals surface area contributed by atoms with E-state index in [0.717, 1.165) is 14.9 Å². The molecule has 1 aliphatic rings. The summed E-state index contributed by atoms with van der Waals surface area (Å²) >= 11 is 11.6. The van der Waals surface area contributed by atoms with Crippen LogP contribution in [-0.4, -0.2) is 25.0 Å². The average molecular weight is 668 g/mol. The first kappa shape index (κ1) is 25.2. The number of hydrogen-bond acceptors (Lipinski definition) is 5. The molecule has 1 N–H and O–H groups in total. The number of rotatable bonds is 6. The molecule has 10 heteroatoms. The van der Waals surface area contributed by atoms with Crippen molar-refractivity contribution in [1.29, 1.82) is 0 Å². The predicted molar refractivity (Wildman–Crippen MR) is 145 cm³/mol. The van der Waals surface area contributed by atoms with Crippen molar-refractivity contribution in [3.8, 4) is 11.5 Å². The van der Waals surface area contributed by atoms with Crippen molar-refractivity contribution < 1.29 is 23.9 Å². The van der Waals surface area contributed by atoms with Gasteiger partial charge in [-0.05, 0) is 70.6 Å². The Bertz CT molecular complexity index is 1380. The maximum atomic E-state index is 13.1. The smallest absolute Gasteiger partial charge is 0.335 e. The van der Waals surface area contributed by atoms with Gasteiger partial charge in [-0.3, -0.25) is 14.9 Å². The summed E-state index contributed by atoms with van der Waals surface area (Å²) in [6, 6.07) is 16.5. The van der Waals surface area contributed by atoms with Crippen LogP contribution < -0.4 is 19.7 Å². The summed E-state index contributed by atoms with van der Waals surface area (Å²) in [6.45, 7) is 0.311. The van der Waals surface area contributed by atoms with Crippen LogP contribution in [0.4, 0.5) is 10.5 Å². The van der Waals surface area contributed by atoms with Gasteiger partial charge in [-0.15, -0.1) is 0 Å². The van der Waals surface area contributed by atoms with E-state index in [1.165, 1.54) is 19.3 Å². The highest BCUT2D eigenvalue weighted by atomic mass is 127. The highest BCUT2D eigenvalue weighted by molar-refractivity contribution is 14.1. The van der Waals surface area contributed by atoms with Crippen LogP contribution in [0.5, 0.6) is 11.5 Å². The lowest BCUT2D eigenvalue weighted by atomic mass is 10.1. The molecule has 4 amide bonds. The number of methoxy groups -OCH3 is 1. The third kappa shape index (κ3) is 5.52. The van der Waals surface area contributed by atoms with Crippen molar-refractivity contribution in [2.45, 2.75) is 6.61 Å². The Hall–Kier alpha value is -2.89. The number of imide groups is 2. The van der Waals surface area contributed by atoms with Crippen molar-refractivity contribution in [2.75, 3.05) is 12.0 Å². The fourth-order valence-corrected chi connectivity index (χ4v) is 4.77. The molecule has 35 heavy (non-hydrogen) atoms. The second-order valence-corrected chi connectivity index (χ2v) is 9.80.